The van der Waals surface area contributed by atoms with Crippen LogP contribution in [-0.4, -0.2) is 21.6 Å². The zero-order chi connectivity index (χ0) is 14.9. The number of thiazole rings is 1. The van der Waals surface area contributed by atoms with Gasteiger partial charge in [0.25, 0.3) is 0 Å². The van der Waals surface area contributed by atoms with Crippen LogP contribution in [-0.2, 0) is 4.79 Å². The van der Waals surface area contributed by atoms with Crippen molar-refractivity contribution in [3.63, 3.8) is 0 Å². The second-order valence-electron chi connectivity index (χ2n) is 6.64. The molecule has 3 rings (SSSR count). The number of aromatic nitrogens is 1. The van der Waals surface area contributed by atoms with Crippen molar-refractivity contribution in [3.8, 4) is 0 Å². The lowest BCUT2D eigenvalue weighted by atomic mass is 9.82. The molecule has 21 heavy (non-hydrogen) atoms. The second kappa shape index (κ2) is 6.05. The molecule has 2 fully saturated rings. The second-order valence-corrected chi connectivity index (χ2v) is 7.53. The molecular weight excluding hydrogens is 284 g/mol. The Morgan fingerprint density at radius 3 is 2.86 bits per heavy atom. The van der Waals surface area contributed by atoms with E-state index in [0.717, 1.165) is 31.4 Å². The molecule has 0 saturated heterocycles. The van der Waals surface area contributed by atoms with E-state index in [4.69, 9.17) is 0 Å². The van der Waals surface area contributed by atoms with Gasteiger partial charge in [0.1, 0.15) is 0 Å². The predicted octanol–water partition coefficient (Wildman–Crippen LogP) is 3.28. The van der Waals surface area contributed by atoms with Crippen LogP contribution < -0.4 is 5.32 Å². The van der Waals surface area contributed by atoms with Crippen LogP contribution in [0, 0.1) is 0 Å². The topological polar surface area (TPSA) is 62.2 Å². The fourth-order valence-electron chi connectivity index (χ4n) is 3.07. The first kappa shape index (κ1) is 15.0. The Kier molecular flexibility index (Phi) is 4.31. The molecule has 1 unspecified atom stereocenters. The minimum absolute atomic E-state index is 0.0622. The summed E-state index contributed by atoms with van der Waals surface area (Å²) in [6.45, 7) is 1.97. The smallest absolute Gasteiger partial charge is 0.223 e. The van der Waals surface area contributed by atoms with E-state index in [1.807, 2.05) is 12.3 Å². The Balaban J connectivity index is 1.53. The highest BCUT2D eigenvalue weighted by Gasteiger charge is 2.32. The van der Waals surface area contributed by atoms with Gasteiger partial charge in [0.15, 0.2) is 0 Å². The largest absolute Gasteiger partial charge is 0.389 e. The molecule has 4 nitrogen and oxygen atoms in total. The minimum atomic E-state index is -0.788. The number of carbonyl (C=O) groups excluding carboxylic acids is 1. The quantitative estimate of drug-likeness (QED) is 0.877. The van der Waals surface area contributed by atoms with Crippen molar-refractivity contribution in [2.24, 2.45) is 0 Å². The number of rotatable bonds is 5. The number of hydrogen-bond donors (Lipinski definition) is 2. The molecule has 1 aromatic rings. The van der Waals surface area contributed by atoms with Gasteiger partial charge in [0, 0.05) is 11.3 Å². The van der Waals surface area contributed by atoms with Crippen LogP contribution in [0.1, 0.15) is 81.0 Å². The van der Waals surface area contributed by atoms with Crippen molar-refractivity contribution in [2.45, 2.75) is 75.9 Å². The Morgan fingerprint density at radius 2 is 2.19 bits per heavy atom. The molecule has 2 saturated carbocycles. The summed E-state index contributed by atoms with van der Waals surface area (Å²) in [7, 11) is 0. The summed E-state index contributed by atoms with van der Waals surface area (Å²) in [6.07, 6.45) is 7.43. The summed E-state index contributed by atoms with van der Waals surface area (Å²) in [6, 6.07) is -0.0755. The van der Waals surface area contributed by atoms with Crippen LogP contribution in [0.5, 0.6) is 0 Å². The number of amides is 1. The molecule has 2 N–H and O–H groups in total. The normalized spacial score (nSPS) is 22.8. The van der Waals surface area contributed by atoms with Gasteiger partial charge in [0.2, 0.25) is 5.91 Å². The molecule has 5 heteroatoms. The van der Waals surface area contributed by atoms with Crippen molar-refractivity contribution in [2.75, 3.05) is 0 Å². The maximum atomic E-state index is 12.2. The highest BCUT2D eigenvalue weighted by molar-refractivity contribution is 7.09. The SMILES string of the molecule is CC(NC(=O)CC1(O)CCCCC1)c1csc(C2CC2)n1. The zero-order valence-electron chi connectivity index (χ0n) is 12.6. The Morgan fingerprint density at radius 1 is 1.48 bits per heavy atom. The van der Waals surface area contributed by atoms with E-state index in [2.05, 4.69) is 10.3 Å². The van der Waals surface area contributed by atoms with Gasteiger partial charge in [-0.15, -0.1) is 11.3 Å². The summed E-state index contributed by atoms with van der Waals surface area (Å²) in [5.41, 5.74) is 0.162. The number of aliphatic hydroxyl groups is 1. The molecule has 1 atom stereocenters. The van der Waals surface area contributed by atoms with Crippen LogP contribution in [0.3, 0.4) is 0 Å². The molecule has 2 aliphatic rings. The highest BCUT2D eigenvalue weighted by Crippen LogP contribution is 2.41. The third-order valence-electron chi connectivity index (χ3n) is 4.56. The Hall–Kier alpha value is -0.940. The molecule has 2 aliphatic carbocycles. The van der Waals surface area contributed by atoms with E-state index in [-0.39, 0.29) is 18.4 Å². The molecule has 0 bridgehead atoms. The molecule has 0 radical (unpaired) electrons. The van der Waals surface area contributed by atoms with Crippen LogP contribution in [0.2, 0.25) is 0 Å². The van der Waals surface area contributed by atoms with E-state index < -0.39 is 5.60 Å². The number of carbonyl (C=O) groups is 1. The summed E-state index contributed by atoms with van der Waals surface area (Å²) in [5, 5.41) is 16.7. The van der Waals surface area contributed by atoms with Crippen LogP contribution in [0.4, 0.5) is 0 Å². The van der Waals surface area contributed by atoms with Gasteiger partial charge in [-0.1, -0.05) is 19.3 Å². The van der Waals surface area contributed by atoms with E-state index in [1.165, 1.54) is 24.3 Å². The average molecular weight is 308 g/mol. The average Bonchev–Trinajstić information content (AvgIpc) is 3.16. The van der Waals surface area contributed by atoms with Gasteiger partial charge < -0.3 is 10.4 Å². The first-order valence-corrected chi connectivity index (χ1v) is 8.91. The van der Waals surface area contributed by atoms with E-state index >= 15 is 0 Å². The van der Waals surface area contributed by atoms with Crippen molar-refractivity contribution >= 4 is 17.2 Å². The Bertz CT molecular complexity index is 504. The van der Waals surface area contributed by atoms with Crippen LogP contribution >= 0.6 is 11.3 Å². The summed E-state index contributed by atoms with van der Waals surface area (Å²) in [5.74, 6) is 0.600. The maximum Gasteiger partial charge on any atom is 0.223 e. The molecule has 0 aliphatic heterocycles. The van der Waals surface area contributed by atoms with Gasteiger partial charge in [-0.2, -0.15) is 0 Å². The molecule has 1 aromatic heterocycles. The lowest BCUT2D eigenvalue weighted by Gasteiger charge is -2.31. The highest BCUT2D eigenvalue weighted by atomic mass is 32.1. The van der Waals surface area contributed by atoms with Crippen molar-refractivity contribution in [3.05, 3.63) is 16.1 Å². The lowest BCUT2D eigenvalue weighted by molar-refractivity contribution is -0.128. The number of nitrogens with zero attached hydrogens (tertiary/aromatic N) is 1. The number of hydrogen-bond acceptors (Lipinski definition) is 4. The first-order valence-electron chi connectivity index (χ1n) is 8.03. The van der Waals surface area contributed by atoms with E-state index in [1.54, 1.807) is 11.3 Å². The third-order valence-corrected chi connectivity index (χ3v) is 5.59. The van der Waals surface area contributed by atoms with Gasteiger partial charge >= 0.3 is 0 Å². The van der Waals surface area contributed by atoms with Crippen LogP contribution in [0.15, 0.2) is 5.38 Å². The van der Waals surface area contributed by atoms with Gasteiger partial charge in [0.05, 0.1) is 28.8 Å². The Labute approximate surface area is 130 Å². The fourth-order valence-corrected chi connectivity index (χ4v) is 4.15. The lowest BCUT2D eigenvalue weighted by Crippen LogP contribution is -2.39. The van der Waals surface area contributed by atoms with Gasteiger partial charge in [-0.25, -0.2) is 4.98 Å². The van der Waals surface area contributed by atoms with Crippen molar-refractivity contribution in [1.82, 2.24) is 10.3 Å². The summed E-state index contributed by atoms with van der Waals surface area (Å²) in [4.78, 5) is 16.8. The molecular formula is C16H24N2O2S. The van der Waals surface area contributed by atoms with Crippen molar-refractivity contribution < 1.29 is 9.90 Å². The first-order chi connectivity index (χ1) is 10.1. The van der Waals surface area contributed by atoms with E-state index in [9.17, 15) is 9.90 Å². The molecule has 1 heterocycles. The molecule has 0 aromatic carbocycles. The molecule has 1 amide bonds. The van der Waals surface area contributed by atoms with Crippen molar-refractivity contribution in [1.29, 1.82) is 0 Å². The third kappa shape index (κ3) is 3.83. The van der Waals surface area contributed by atoms with Crippen LogP contribution in [0.25, 0.3) is 0 Å². The standard InChI is InChI=1S/C16H24N2O2S/c1-11(13-10-21-15(18-13)12-5-6-12)17-14(19)9-16(20)7-3-2-4-8-16/h10-12,20H,2-9H2,1H3,(H,17,19). The summed E-state index contributed by atoms with van der Waals surface area (Å²) >= 11 is 1.70. The molecule has 116 valence electrons. The predicted molar refractivity (Wildman–Crippen MR) is 83.3 cm³/mol. The zero-order valence-corrected chi connectivity index (χ0v) is 13.4. The number of nitrogens with one attached hydrogen (secondary N) is 1. The van der Waals surface area contributed by atoms with Gasteiger partial charge in [-0.3, -0.25) is 4.79 Å². The minimum Gasteiger partial charge on any atom is -0.389 e. The monoisotopic (exact) mass is 308 g/mol. The van der Waals surface area contributed by atoms with Gasteiger partial charge in [-0.05, 0) is 32.6 Å². The fraction of sp³-hybridized carbons (Fsp3) is 0.750. The molecule has 0 spiro atoms. The maximum absolute atomic E-state index is 12.2. The van der Waals surface area contributed by atoms with E-state index in [0.29, 0.717) is 5.92 Å². The summed E-state index contributed by atoms with van der Waals surface area (Å²) < 4.78 is 0.